The molecule has 0 saturated heterocycles. The van der Waals surface area contributed by atoms with Crippen LogP contribution in [0.25, 0.3) is 0 Å². The summed E-state index contributed by atoms with van der Waals surface area (Å²) in [5.41, 5.74) is 0.783. The van der Waals surface area contributed by atoms with Crippen LogP contribution in [0.3, 0.4) is 0 Å². The van der Waals surface area contributed by atoms with Gasteiger partial charge in [-0.05, 0) is 30.7 Å². The number of hydrogen-bond donors (Lipinski definition) is 1. The Balaban J connectivity index is 2.23. The second-order valence-electron chi connectivity index (χ2n) is 4.78. The first-order chi connectivity index (χ1) is 9.03. The van der Waals surface area contributed by atoms with Crippen molar-refractivity contribution < 1.29 is 9.84 Å². The zero-order chi connectivity index (χ0) is 13.9. The van der Waals surface area contributed by atoms with E-state index in [2.05, 4.69) is 0 Å². The molecule has 0 aliphatic heterocycles. The topological polar surface area (TPSA) is 29.5 Å². The van der Waals surface area contributed by atoms with E-state index in [1.165, 1.54) is 0 Å². The van der Waals surface area contributed by atoms with E-state index in [0.717, 1.165) is 16.9 Å². The minimum absolute atomic E-state index is 0.501. The summed E-state index contributed by atoms with van der Waals surface area (Å²) in [5.74, 6) is 0.807. The molecule has 0 bridgehead atoms. The molecule has 0 saturated carbocycles. The molecule has 0 aromatic heterocycles. The molecule has 1 N–H and O–H groups in total. The molecule has 2 aromatic rings. The predicted molar refractivity (Wildman–Crippen MR) is 77.7 cm³/mol. The second kappa shape index (κ2) is 5.64. The molecule has 2 nitrogen and oxygen atoms in total. The molecule has 0 aliphatic carbocycles. The van der Waals surface area contributed by atoms with E-state index in [9.17, 15) is 5.11 Å². The number of rotatable bonds is 4. The van der Waals surface area contributed by atoms with Gasteiger partial charge in [0, 0.05) is 17.0 Å². The van der Waals surface area contributed by atoms with Gasteiger partial charge in [-0.3, -0.25) is 0 Å². The zero-order valence-corrected chi connectivity index (χ0v) is 11.8. The van der Waals surface area contributed by atoms with E-state index in [4.69, 9.17) is 16.3 Å². The summed E-state index contributed by atoms with van der Waals surface area (Å²) in [6.45, 7) is 1.78. The number of aliphatic hydroxyl groups is 1. The third-order valence-electron chi connectivity index (χ3n) is 3.16. The molecule has 2 aromatic carbocycles. The molecule has 1 unspecified atom stereocenters. The Hall–Kier alpha value is -1.51. The molecule has 0 spiro atoms. The second-order valence-corrected chi connectivity index (χ2v) is 5.19. The van der Waals surface area contributed by atoms with Gasteiger partial charge in [0.05, 0.1) is 12.7 Å². The van der Waals surface area contributed by atoms with Crippen molar-refractivity contribution in [2.75, 3.05) is 7.11 Å². The van der Waals surface area contributed by atoms with Crippen molar-refractivity contribution in [2.45, 2.75) is 18.9 Å². The number of ether oxygens (including phenoxy) is 1. The summed E-state index contributed by atoms with van der Waals surface area (Å²) in [6.07, 6.45) is 0.501. The highest BCUT2D eigenvalue weighted by Crippen LogP contribution is 2.31. The molecule has 2 rings (SSSR count). The maximum Gasteiger partial charge on any atom is 0.118 e. The van der Waals surface area contributed by atoms with Gasteiger partial charge in [-0.15, -0.1) is 0 Å². The molecule has 0 heterocycles. The molecule has 19 heavy (non-hydrogen) atoms. The molecule has 3 heteroatoms. The zero-order valence-electron chi connectivity index (χ0n) is 11.1. The normalized spacial score (nSPS) is 13.9. The highest BCUT2D eigenvalue weighted by atomic mass is 35.5. The lowest BCUT2D eigenvalue weighted by Crippen LogP contribution is -2.24. The summed E-state index contributed by atoms with van der Waals surface area (Å²) in [6, 6.07) is 15.1. The van der Waals surface area contributed by atoms with Gasteiger partial charge < -0.3 is 9.84 Å². The van der Waals surface area contributed by atoms with Crippen molar-refractivity contribution in [3.63, 3.8) is 0 Å². The van der Waals surface area contributed by atoms with Crippen molar-refractivity contribution in [1.29, 1.82) is 0 Å². The first-order valence-corrected chi connectivity index (χ1v) is 6.51. The Morgan fingerprint density at radius 3 is 2.32 bits per heavy atom. The molecule has 0 amide bonds. The van der Waals surface area contributed by atoms with Gasteiger partial charge in [-0.25, -0.2) is 0 Å². The lowest BCUT2D eigenvalue weighted by atomic mass is 9.89. The lowest BCUT2D eigenvalue weighted by Gasteiger charge is -2.25. The molecule has 0 aliphatic rings. The minimum Gasteiger partial charge on any atom is -0.497 e. The van der Waals surface area contributed by atoms with Crippen molar-refractivity contribution in [3.05, 3.63) is 64.7 Å². The van der Waals surface area contributed by atoms with Gasteiger partial charge in [-0.1, -0.05) is 41.9 Å². The Kier molecular flexibility index (Phi) is 4.13. The largest absolute Gasteiger partial charge is 0.497 e. The number of halogens is 1. The van der Waals surface area contributed by atoms with Gasteiger partial charge in [0.2, 0.25) is 0 Å². The highest BCUT2D eigenvalue weighted by Gasteiger charge is 2.25. The summed E-state index contributed by atoms with van der Waals surface area (Å²) in [4.78, 5) is 0. The maximum absolute atomic E-state index is 10.6. The van der Waals surface area contributed by atoms with E-state index in [0.29, 0.717) is 11.4 Å². The predicted octanol–water partition coefficient (Wildman–Crippen LogP) is 3.80. The summed E-state index contributed by atoms with van der Waals surface area (Å²) < 4.78 is 5.12. The first kappa shape index (κ1) is 13.9. The Labute approximate surface area is 118 Å². The van der Waals surface area contributed by atoms with Crippen LogP contribution in [-0.2, 0) is 12.0 Å². The number of hydrogen-bond acceptors (Lipinski definition) is 2. The van der Waals surface area contributed by atoms with Gasteiger partial charge in [-0.2, -0.15) is 0 Å². The van der Waals surface area contributed by atoms with Crippen molar-refractivity contribution in [1.82, 2.24) is 0 Å². The smallest absolute Gasteiger partial charge is 0.118 e. The molecule has 0 fully saturated rings. The van der Waals surface area contributed by atoms with Crippen LogP contribution in [0.2, 0.25) is 5.02 Å². The Morgan fingerprint density at radius 2 is 1.74 bits per heavy atom. The van der Waals surface area contributed by atoms with Crippen LogP contribution in [0.1, 0.15) is 18.1 Å². The SMILES string of the molecule is COc1ccc(CC(C)(O)c2ccccc2Cl)cc1. The van der Waals surface area contributed by atoms with E-state index >= 15 is 0 Å². The Morgan fingerprint density at radius 1 is 1.11 bits per heavy atom. The van der Waals surface area contributed by atoms with E-state index in [1.54, 1.807) is 20.1 Å². The first-order valence-electron chi connectivity index (χ1n) is 6.13. The molecule has 1 atom stereocenters. The average molecular weight is 277 g/mol. The van der Waals surface area contributed by atoms with Gasteiger partial charge >= 0.3 is 0 Å². The van der Waals surface area contributed by atoms with Gasteiger partial charge in [0.1, 0.15) is 5.75 Å². The summed E-state index contributed by atoms with van der Waals surface area (Å²) in [7, 11) is 1.63. The van der Waals surface area contributed by atoms with Crippen LogP contribution < -0.4 is 4.74 Å². The molecule has 0 radical (unpaired) electrons. The monoisotopic (exact) mass is 276 g/mol. The molecular formula is C16H17ClO2. The van der Waals surface area contributed by atoms with Crippen LogP contribution in [0.5, 0.6) is 5.75 Å². The fourth-order valence-electron chi connectivity index (χ4n) is 2.13. The quantitative estimate of drug-likeness (QED) is 0.920. The number of benzene rings is 2. The van der Waals surface area contributed by atoms with Crippen LogP contribution in [-0.4, -0.2) is 12.2 Å². The molecule has 100 valence electrons. The van der Waals surface area contributed by atoms with Gasteiger partial charge in [0.25, 0.3) is 0 Å². The van der Waals surface area contributed by atoms with E-state index in [-0.39, 0.29) is 0 Å². The standard InChI is InChI=1S/C16H17ClO2/c1-16(18,14-5-3-4-6-15(14)17)11-12-7-9-13(19-2)10-8-12/h3-10,18H,11H2,1-2H3. The Bertz CT molecular complexity index is 547. The van der Waals surface area contributed by atoms with Crippen LogP contribution >= 0.6 is 11.6 Å². The van der Waals surface area contributed by atoms with Crippen LogP contribution in [0, 0.1) is 0 Å². The van der Waals surface area contributed by atoms with Gasteiger partial charge in [0.15, 0.2) is 0 Å². The van der Waals surface area contributed by atoms with Crippen molar-refractivity contribution >= 4 is 11.6 Å². The van der Waals surface area contributed by atoms with Crippen LogP contribution in [0.15, 0.2) is 48.5 Å². The highest BCUT2D eigenvalue weighted by molar-refractivity contribution is 6.31. The van der Waals surface area contributed by atoms with Crippen molar-refractivity contribution in [3.8, 4) is 5.75 Å². The fourth-order valence-corrected chi connectivity index (χ4v) is 2.47. The number of methoxy groups -OCH3 is 1. The maximum atomic E-state index is 10.6. The van der Waals surface area contributed by atoms with E-state index < -0.39 is 5.60 Å². The summed E-state index contributed by atoms with van der Waals surface area (Å²) in [5, 5.41) is 11.2. The van der Waals surface area contributed by atoms with Crippen LogP contribution in [0.4, 0.5) is 0 Å². The average Bonchev–Trinajstić information content (AvgIpc) is 2.39. The third kappa shape index (κ3) is 3.28. The minimum atomic E-state index is -0.993. The molecular weight excluding hydrogens is 260 g/mol. The third-order valence-corrected chi connectivity index (χ3v) is 3.49. The summed E-state index contributed by atoms with van der Waals surface area (Å²) >= 11 is 6.14. The lowest BCUT2D eigenvalue weighted by molar-refractivity contribution is 0.0577. The fraction of sp³-hybridized carbons (Fsp3) is 0.250. The van der Waals surface area contributed by atoms with E-state index in [1.807, 2.05) is 42.5 Å². The van der Waals surface area contributed by atoms with Crippen molar-refractivity contribution in [2.24, 2.45) is 0 Å².